The molecule has 1 N–H and O–H groups in total. The molecule has 0 aliphatic carbocycles. The molecular formula is C24H23F3N2S. The third-order valence-corrected chi connectivity index (χ3v) is 6.19. The van der Waals surface area contributed by atoms with Crippen molar-refractivity contribution in [3.8, 4) is 11.1 Å². The maximum atomic E-state index is 12.9. The van der Waals surface area contributed by atoms with Gasteiger partial charge in [-0.25, -0.2) is 0 Å². The molecule has 3 aromatic rings. The molecule has 1 aliphatic rings. The zero-order valence-corrected chi connectivity index (χ0v) is 17.2. The van der Waals surface area contributed by atoms with Crippen molar-refractivity contribution in [1.82, 2.24) is 9.62 Å². The van der Waals surface area contributed by atoms with Gasteiger partial charge in [-0.2, -0.15) is 13.2 Å². The average molecular weight is 429 g/mol. The number of halogens is 3. The minimum absolute atomic E-state index is 0.258. The molecule has 4 rings (SSSR count). The van der Waals surface area contributed by atoms with Crippen LogP contribution in [0.25, 0.3) is 11.1 Å². The summed E-state index contributed by atoms with van der Waals surface area (Å²) in [4.78, 5) is 2.96. The smallest absolute Gasteiger partial charge is 0.297 e. The van der Waals surface area contributed by atoms with Crippen molar-refractivity contribution < 1.29 is 13.2 Å². The van der Waals surface area contributed by atoms with Crippen LogP contribution < -0.4 is 4.72 Å². The SMILES string of the molecule is FC(F)(F)c1cccc(SN[C@@H]2CCN(Cc3ccc(-c4ccccc4)cc3)C2)c1. The summed E-state index contributed by atoms with van der Waals surface area (Å²) < 4.78 is 41.9. The first-order valence-corrected chi connectivity index (χ1v) is 10.8. The van der Waals surface area contributed by atoms with Crippen molar-refractivity contribution >= 4 is 11.9 Å². The van der Waals surface area contributed by atoms with Crippen molar-refractivity contribution in [2.75, 3.05) is 13.1 Å². The Morgan fingerprint density at radius 3 is 2.37 bits per heavy atom. The van der Waals surface area contributed by atoms with Crippen LogP contribution in [0.2, 0.25) is 0 Å². The maximum absolute atomic E-state index is 12.9. The Kier molecular flexibility index (Phi) is 6.46. The highest BCUT2D eigenvalue weighted by molar-refractivity contribution is 7.97. The molecule has 0 saturated carbocycles. The molecule has 1 atom stereocenters. The molecule has 2 nitrogen and oxygen atoms in total. The molecule has 3 aromatic carbocycles. The highest BCUT2D eigenvalue weighted by Crippen LogP contribution is 2.31. The topological polar surface area (TPSA) is 15.3 Å². The van der Waals surface area contributed by atoms with Gasteiger partial charge in [0.2, 0.25) is 0 Å². The fourth-order valence-corrected chi connectivity index (χ4v) is 4.48. The number of benzene rings is 3. The van der Waals surface area contributed by atoms with E-state index in [2.05, 4.69) is 46.0 Å². The van der Waals surface area contributed by atoms with E-state index in [0.29, 0.717) is 4.90 Å². The summed E-state index contributed by atoms with van der Waals surface area (Å²) in [6.45, 7) is 2.73. The van der Waals surface area contributed by atoms with Gasteiger partial charge >= 0.3 is 6.18 Å². The quantitative estimate of drug-likeness (QED) is 0.468. The number of rotatable bonds is 6. The lowest BCUT2D eigenvalue weighted by Gasteiger charge is -2.17. The van der Waals surface area contributed by atoms with Crippen molar-refractivity contribution in [3.63, 3.8) is 0 Å². The van der Waals surface area contributed by atoms with E-state index in [-0.39, 0.29) is 6.04 Å². The molecule has 1 aliphatic heterocycles. The largest absolute Gasteiger partial charge is 0.416 e. The van der Waals surface area contributed by atoms with Crippen LogP contribution in [0.1, 0.15) is 17.5 Å². The Morgan fingerprint density at radius 1 is 0.900 bits per heavy atom. The van der Waals surface area contributed by atoms with Gasteiger partial charge in [0.1, 0.15) is 0 Å². The summed E-state index contributed by atoms with van der Waals surface area (Å²) in [7, 11) is 0. The van der Waals surface area contributed by atoms with Crippen LogP contribution in [0, 0.1) is 0 Å². The van der Waals surface area contributed by atoms with Gasteiger partial charge in [0.25, 0.3) is 0 Å². The average Bonchev–Trinajstić information content (AvgIpc) is 3.20. The van der Waals surface area contributed by atoms with E-state index in [9.17, 15) is 13.2 Å². The molecule has 0 aromatic heterocycles. The first-order valence-electron chi connectivity index (χ1n) is 9.94. The highest BCUT2D eigenvalue weighted by atomic mass is 32.2. The third kappa shape index (κ3) is 5.45. The zero-order chi connectivity index (χ0) is 21.0. The fraction of sp³-hybridized carbons (Fsp3) is 0.250. The van der Waals surface area contributed by atoms with Crippen molar-refractivity contribution in [3.05, 3.63) is 90.0 Å². The van der Waals surface area contributed by atoms with Crippen molar-refractivity contribution in [2.45, 2.75) is 30.1 Å². The number of alkyl halides is 3. The van der Waals surface area contributed by atoms with Gasteiger partial charge in [0.15, 0.2) is 0 Å². The molecule has 0 spiro atoms. The molecule has 0 radical (unpaired) electrons. The molecule has 1 fully saturated rings. The Balaban J connectivity index is 1.28. The fourth-order valence-electron chi connectivity index (χ4n) is 3.65. The van der Waals surface area contributed by atoms with Crippen LogP contribution in [0.3, 0.4) is 0 Å². The minimum atomic E-state index is -4.31. The summed E-state index contributed by atoms with van der Waals surface area (Å²) in [6.07, 6.45) is -3.33. The van der Waals surface area contributed by atoms with Crippen LogP contribution in [-0.4, -0.2) is 24.0 Å². The maximum Gasteiger partial charge on any atom is 0.416 e. The van der Waals surface area contributed by atoms with Gasteiger partial charge in [-0.05, 0) is 53.3 Å². The van der Waals surface area contributed by atoms with Crippen LogP contribution in [-0.2, 0) is 12.7 Å². The first-order chi connectivity index (χ1) is 14.5. The van der Waals surface area contributed by atoms with Gasteiger partial charge in [-0.15, -0.1) is 0 Å². The number of nitrogens with one attached hydrogen (secondary N) is 1. The second-order valence-electron chi connectivity index (χ2n) is 7.53. The Morgan fingerprint density at radius 2 is 1.63 bits per heavy atom. The van der Waals surface area contributed by atoms with Crippen molar-refractivity contribution in [1.29, 1.82) is 0 Å². The monoisotopic (exact) mass is 428 g/mol. The first kappa shape index (κ1) is 21.0. The Hall–Kier alpha value is -2.28. The second kappa shape index (κ2) is 9.25. The van der Waals surface area contributed by atoms with Gasteiger partial charge < -0.3 is 0 Å². The number of hydrogen-bond donors (Lipinski definition) is 1. The summed E-state index contributed by atoms with van der Waals surface area (Å²) in [5.74, 6) is 0. The Labute approximate surface area is 179 Å². The molecule has 6 heteroatoms. The van der Waals surface area contributed by atoms with Gasteiger partial charge in [0, 0.05) is 30.6 Å². The zero-order valence-electron chi connectivity index (χ0n) is 16.4. The summed E-state index contributed by atoms with van der Waals surface area (Å²) in [5, 5.41) is 0. The number of nitrogens with zero attached hydrogens (tertiary/aromatic N) is 1. The molecular weight excluding hydrogens is 405 g/mol. The normalized spacial score (nSPS) is 17.4. The molecule has 0 bridgehead atoms. The predicted octanol–water partition coefficient (Wildman–Crippen LogP) is 6.24. The molecule has 1 saturated heterocycles. The highest BCUT2D eigenvalue weighted by Gasteiger charge is 2.30. The third-order valence-electron chi connectivity index (χ3n) is 5.24. The van der Waals surface area contributed by atoms with E-state index in [0.717, 1.165) is 32.1 Å². The Bertz CT molecular complexity index is 958. The van der Waals surface area contributed by atoms with Crippen LogP contribution in [0.15, 0.2) is 83.8 Å². The van der Waals surface area contributed by atoms with E-state index in [1.165, 1.54) is 40.8 Å². The van der Waals surface area contributed by atoms with Gasteiger partial charge in [-0.1, -0.05) is 60.7 Å². The van der Waals surface area contributed by atoms with E-state index in [1.807, 2.05) is 18.2 Å². The number of likely N-dealkylation sites (tertiary alicyclic amines) is 1. The van der Waals surface area contributed by atoms with Crippen molar-refractivity contribution in [2.24, 2.45) is 0 Å². The predicted molar refractivity (Wildman–Crippen MR) is 116 cm³/mol. The molecule has 1 heterocycles. The summed E-state index contributed by atoms with van der Waals surface area (Å²) in [5.41, 5.74) is 3.07. The van der Waals surface area contributed by atoms with Gasteiger partial charge in [-0.3, -0.25) is 9.62 Å². The van der Waals surface area contributed by atoms with Crippen LogP contribution in [0.4, 0.5) is 13.2 Å². The molecule has 30 heavy (non-hydrogen) atoms. The molecule has 0 unspecified atom stereocenters. The van der Waals surface area contributed by atoms with E-state index in [1.54, 1.807) is 6.07 Å². The standard InChI is InChI=1S/C24H23F3N2S/c25-24(26,27)21-7-4-8-23(15-21)30-28-22-13-14-29(17-22)16-18-9-11-20(12-10-18)19-5-2-1-3-6-19/h1-12,15,22,28H,13-14,16-17H2/t22-/m1/s1. The summed E-state index contributed by atoms with van der Waals surface area (Å²) >= 11 is 1.28. The van der Waals surface area contributed by atoms with E-state index in [4.69, 9.17) is 0 Å². The van der Waals surface area contributed by atoms with Crippen LogP contribution >= 0.6 is 11.9 Å². The van der Waals surface area contributed by atoms with E-state index >= 15 is 0 Å². The second-order valence-corrected chi connectivity index (χ2v) is 8.44. The van der Waals surface area contributed by atoms with E-state index < -0.39 is 11.7 Å². The summed E-state index contributed by atoms with van der Waals surface area (Å²) in [6, 6.07) is 24.6. The molecule has 0 amide bonds. The lowest BCUT2D eigenvalue weighted by Crippen LogP contribution is -2.28. The number of hydrogen-bond acceptors (Lipinski definition) is 3. The lowest BCUT2D eigenvalue weighted by atomic mass is 10.0. The van der Waals surface area contributed by atoms with Gasteiger partial charge in [0.05, 0.1) is 5.56 Å². The van der Waals surface area contributed by atoms with Crippen LogP contribution in [0.5, 0.6) is 0 Å². The molecule has 156 valence electrons. The lowest BCUT2D eigenvalue weighted by molar-refractivity contribution is -0.137. The minimum Gasteiger partial charge on any atom is -0.297 e.